The first-order valence-corrected chi connectivity index (χ1v) is 5.54. The zero-order valence-corrected chi connectivity index (χ0v) is 8.68. The van der Waals surface area contributed by atoms with E-state index in [1.54, 1.807) is 0 Å². The third kappa shape index (κ3) is 5.59. The molecule has 0 heterocycles. The largest absolute Gasteiger partial charge is 0.396 e. The van der Waals surface area contributed by atoms with E-state index in [0.717, 1.165) is 12.3 Å². The molecule has 1 heteroatoms. The smallest absolute Gasteiger partial charge is 0.0431 e. The summed E-state index contributed by atoms with van der Waals surface area (Å²) in [6.45, 7) is 4.39. The van der Waals surface area contributed by atoms with E-state index in [9.17, 15) is 0 Å². The van der Waals surface area contributed by atoms with Gasteiger partial charge in [0.2, 0.25) is 0 Å². The lowest BCUT2D eigenvalue weighted by atomic mass is 9.86. The van der Waals surface area contributed by atoms with Crippen molar-refractivity contribution in [2.45, 2.75) is 58.8 Å². The summed E-state index contributed by atoms with van der Waals surface area (Å²) < 4.78 is 0. The molecular formula is C11H24O. The zero-order chi connectivity index (χ0) is 9.23. The Morgan fingerprint density at radius 1 is 1.08 bits per heavy atom. The van der Waals surface area contributed by atoms with Crippen molar-refractivity contribution in [3.05, 3.63) is 0 Å². The minimum Gasteiger partial charge on any atom is -0.396 e. The zero-order valence-electron chi connectivity index (χ0n) is 8.68. The van der Waals surface area contributed by atoms with E-state index < -0.39 is 0 Å². The normalized spacial score (nSPS) is 18.2. The highest BCUT2D eigenvalue weighted by Gasteiger charge is 2.11. The van der Waals surface area contributed by atoms with Crippen LogP contribution in [-0.4, -0.2) is 11.7 Å². The van der Waals surface area contributed by atoms with Gasteiger partial charge in [-0.3, -0.25) is 0 Å². The van der Waals surface area contributed by atoms with Crippen LogP contribution in [-0.2, 0) is 0 Å². The van der Waals surface area contributed by atoms with Gasteiger partial charge in [-0.2, -0.15) is 0 Å². The van der Waals surface area contributed by atoms with Gasteiger partial charge in [0.25, 0.3) is 0 Å². The fourth-order valence-corrected chi connectivity index (χ4v) is 1.86. The quantitative estimate of drug-likeness (QED) is 0.692. The van der Waals surface area contributed by atoms with Crippen LogP contribution in [0.15, 0.2) is 0 Å². The number of aliphatic hydroxyl groups excluding tert-OH is 1. The highest BCUT2D eigenvalue weighted by Crippen LogP contribution is 2.26. The second-order valence-electron chi connectivity index (χ2n) is 3.37. The highest BCUT2D eigenvalue weighted by molar-refractivity contribution is 4.65. The third-order valence-electron chi connectivity index (χ3n) is 2.50. The van der Waals surface area contributed by atoms with E-state index in [-0.39, 0.29) is 0 Å². The Morgan fingerprint density at radius 2 is 1.67 bits per heavy atom. The van der Waals surface area contributed by atoms with Crippen LogP contribution in [0.2, 0.25) is 0 Å². The number of aliphatic hydroxyl groups is 1. The van der Waals surface area contributed by atoms with Crippen molar-refractivity contribution in [1.82, 2.24) is 0 Å². The van der Waals surface area contributed by atoms with Crippen LogP contribution in [0.25, 0.3) is 0 Å². The Balaban J connectivity index is 0.000000561. The molecule has 1 aliphatic carbocycles. The van der Waals surface area contributed by atoms with Gasteiger partial charge in [0.15, 0.2) is 0 Å². The summed E-state index contributed by atoms with van der Waals surface area (Å²) in [7, 11) is 0. The predicted octanol–water partition coefficient (Wildman–Crippen LogP) is 3.37. The Kier molecular flexibility index (Phi) is 9.02. The van der Waals surface area contributed by atoms with Crippen LogP contribution in [0, 0.1) is 5.92 Å². The van der Waals surface area contributed by atoms with E-state index >= 15 is 0 Å². The Hall–Kier alpha value is -0.0400. The lowest BCUT2D eigenvalue weighted by molar-refractivity contribution is 0.253. The molecule has 0 aromatic carbocycles. The van der Waals surface area contributed by atoms with E-state index in [0.29, 0.717) is 6.61 Å². The molecule has 12 heavy (non-hydrogen) atoms. The molecule has 0 aliphatic heterocycles. The van der Waals surface area contributed by atoms with Gasteiger partial charge in [0.1, 0.15) is 0 Å². The molecule has 1 nitrogen and oxygen atoms in total. The van der Waals surface area contributed by atoms with Crippen molar-refractivity contribution in [2.75, 3.05) is 6.61 Å². The van der Waals surface area contributed by atoms with Gasteiger partial charge in [-0.15, -0.1) is 0 Å². The van der Waals surface area contributed by atoms with E-state index in [1.165, 1.54) is 38.5 Å². The lowest BCUT2D eigenvalue weighted by Gasteiger charge is -2.20. The lowest BCUT2D eigenvalue weighted by Crippen LogP contribution is -2.06. The molecule has 0 bridgehead atoms. The number of rotatable bonds is 3. The molecule has 1 fully saturated rings. The van der Waals surface area contributed by atoms with Crippen molar-refractivity contribution in [2.24, 2.45) is 5.92 Å². The van der Waals surface area contributed by atoms with E-state index in [1.807, 2.05) is 13.8 Å². The second kappa shape index (κ2) is 9.05. The number of hydrogen-bond donors (Lipinski definition) is 1. The Bertz CT molecular complexity index is 75.1. The first kappa shape index (κ1) is 12.0. The minimum atomic E-state index is 0.385. The maximum atomic E-state index is 8.60. The van der Waals surface area contributed by atoms with Crippen molar-refractivity contribution >= 4 is 0 Å². The van der Waals surface area contributed by atoms with Crippen LogP contribution >= 0.6 is 0 Å². The van der Waals surface area contributed by atoms with Crippen LogP contribution in [0.5, 0.6) is 0 Å². The van der Waals surface area contributed by atoms with Gasteiger partial charge >= 0.3 is 0 Å². The van der Waals surface area contributed by atoms with Gasteiger partial charge in [-0.1, -0.05) is 46.0 Å². The SMILES string of the molecule is CC.OCCCC1CCCCC1. The van der Waals surface area contributed by atoms with Crippen LogP contribution < -0.4 is 0 Å². The summed E-state index contributed by atoms with van der Waals surface area (Å²) in [6.07, 6.45) is 9.41. The monoisotopic (exact) mass is 172 g/mol. The first-order valence-electron chi connectivity index (χ1n) is 5.54. The molecule has 1 saturated carbocycles. The van der Waals surface area contributed by atoms with Crippen LogP contribution in [0.4, 0.5) is 0 Å². The summed E-state index contributed by atoms with van der Waals surface area (Å²) >= 11 is 0. The first-order chi connectivity index (χ1) is 5.93. The molecule has 0 aromatic rings. The predicted molar refractivity (Wildman–Crippen MR) is 54.2 cm³/mol. The molecule has 1 aliphatic rings. The van der Waals surface area contributed by atoms with E-state index in [4.69, 9.17) is 5.11 Å². The fraction of sp³-hybridized carbons (Fsp3) is 1.00. The topological polar surface area (TPSA) is 20.2 Å². The maximum Gasteiger partial charge on any atom is 0.0431 e. The molecule has 0 saturated heterocycles. The van der Waals surface area contributed by atoms with E-state index in [2.05, 4.69) is 0 Å². The number of hydrogen-bond acceptors (Lipinski definition) is 1. The van der Waals surface area contributed by atoms with Gasteiger partial charge < -0.3 is 5.11 Å². The van der Waals surface area contributed by atoms with Crippen LogP contribution in [0.1, 0.15) is 58.8 Å². The highest BCUT2D eigenvalue weighted by atomic mass is 16.2. The molecule has 0 unspecified atom stereocenters. The Morgan fingerprint density at radius 3 is 2.17 bits per heavy atom. The van der Waals surface area contributed by atoms with Gasteiger partial charge in [-0.05, 0) is 18.8 Å². The van der Waals surface area contributed by atoms with Crippen molar-refractivity contribution in [1.29, 1.82) is 0 Å². The van der Waals surface area contributed by atoms with Crippen LogP contribution in [0.3, 0.4) is 0 Å². The molecule has 0 aromatic heterocycles. The van der Waals surface area contributed by atoms with Crippen molar-refractivity contribution < 1.29 is 5.11 Å². The molecule has 0 radical (unpaired) electrons. The third-order valence-corrected chi connectivity index (χ3v) is 2.50. The minimum absolute atomic E-state index is 0.385. The summed E-state index contributed by atoms with van der Waals surface area (Å²) in [5.41, 5.74) is 0. The molecule has 1 rings (SSSR count). The van der Waals surface area contributed by atoms with Gasteiger partial charge in [0.05, 0.1) is 0 Å². The fourth-order valence-electron chi connectivity index (χ4n) is 1.86. The average Bonchev–Trinajstić information content (AvgIpc) is 2.19. The maximum absolute atomic E-state index is 8.60. The summed E-state index contributed by atoms with van der Waals surface area (Å²) in [5, 5.41) is 8.60. The molecule has 74 valence electrons. The molecular weight excluding hydrogens is 148 g/mol. The van der Waals surface area contributed by atoms with Crippen molar-refractivity contribution in [3.8, 4) is 0 Å². The molecule has 0 amide bonds. The second-order valence-corrected chi connectivity index (χ2v) is 3.37. The molecule has 0 atom stereocenters. The summed E-state index contributed by atoms with van der Waals surface area (Å²) in [4.78, 5) is 0. The van der Waals surface area contributed by atoms with Crippen molar-refractivity contribution in [3.63, 3.8) is 0 Å². The summed E-state index contributed by atoms with van der Waals surface area (Å²) in [6, 6.07) is 0. The van der Waals surface area contributed by atoms with Gasteiger partial charge in [0, 0.05) is 6.61 Å². The molecule has 0 spiro atoms. The standard InChI is InChI=1S/C9H18O.C2H6/c10-8-4-7-9-5-2-1-3-6-9;1-2/h9-10H,1-8H2;1-2H3. The Labute approximate surface area is 77.2 Å². The average molecular weight is 172 g/mol. The summed E-state index contributed by atoms with van der Waals surface area (Å²) in [5.74, 6) is 0.945. The molecule has 1 N–H and O–H groups in total. The van der Waals surface area contributed by atoms with Gasteiger partial charge in [-0.25, -0.2) is 0 Å².